The van der Waals surface area contributed by atoms with Gasteiger partial charge in [-0.25, -0.2) is 4.98 Å². The van der Waals surface area contributed by atoms with Crippen LogP contribution in [0, 0.1) is 0 Å². The normalized spacial score (nSPS) is 12.0. The third-order valence-electron chi connectivity index (χ3n) is 3.46. The highest BCUT2D eigenvalue weighted by atomic mass is 35.5. The van der Waals surface area contributed by atoms with Crippen molar-refractivity contribution in [2.75, 3.05) is 17.7 Å². The number of hydrogen-bond donors (Lipinski definition) is 2. The predicted molar refractivity (Wildman–Crippen MR) is 85.4 cm³/mol. The summed E-state index contributed by atoms with van der Waals surface area (Å²) >= 11 is 6.02. The molecular formula is C15H17ClN4O. The van der Waals surface area contributed by atoms with Crippen LogP contribution in [-0.2, 0) is 0 Å². The number of rotatable bonds is 4. The van der Waals surface area contributed by atoms with Crippen LogP contribution in [0.5, 0.6) is 0 Å². The summed E-state index contributed by atoms with van der Waals surface area (Å²) in [5.41, 5.74) is 12.6. The number of nitrogen functional groups attached to an aromatic ring is 1. The van der Waals surface area contributed by atoms with Gasteiger partial charge in [-0.1, -0.05) is 23.7 Å². The number of carbonyl (C=O) groups is 1. The number of amides is 1. The third kappa shape index (κ3) is 3.25. The van der Waals surface area contributed by atoms with E-state index in [0.717, 1.165) is 5.56 Å². The maximum absolute atomic E-state index is 11.4. The van der Waals surface area contributed by atoms with E-state index in [-0.39, 0.29) is 17.3 Å². The SMILES string of the molecule is CC(c1cccc(Cl)c1)N(C)c1cc(C(N)=O)c(N)cn1. The summed E-state index contributed by atoms with van der Waals surface area (Å²) in [4.78, 5) is 17.5. The van der Waals surface area contributed by atoms with E-state index in [1.807, 2.05) is 43.1 Å². The van der Waals surface area contributed by atoms with Crippen molar-refractivity contribution >= 4 is 29.0 Å². The topological polar surface area (TPSA) is 85.2 Å². The fourth-order valence-corrected chi connectivity index (χ4v) is 2.25. The minimum Gasteiger partial charge on any atom is -0.397 e. The van der Waals surface area contributed by atoms with Gasteiger partial charge in [0.2, 0.25) is 0 Å². The van der Waals surface area contributed by atoms with Gasteiger partial charge in [0, 0.05) is 12.1 Å². The average molecular weight is 305 g/mol. The van der Waals surface area contributed by atoms with Gasteiger partial charge in [0.15, 0.2) is 0 Å². The van der Waals surface area contributed by atoms with E-state index in [9.17, 15) is 4.79 Å². The molecule has 21 heavy (non-hydrogen) atoms. The van der Waals surface area contributed by atoms with Crippen molar-refractivity contribution in [2.45, 2.75) is 13.0 Å². The molecule has 0 bridgehead atoms. The number of primary amides is 1. The molecule has 6 heteroatoms. The van der Waals surface area contributed by atoms with Crippen molar-refractivity contribution in [2.24, 2.45) is 5.73 Å². The van der Waals surface area contributed by atoms with E-state index in [2.05, 4.69) is 4.98 Å². The Hall–Kier alpha value is -2.27. The van der Waals surface area contributed by atoms with Gasteiger partial charge in [0.05, 0.1) is 23.5 Å². The smallest absolute Gasteiger partial charge is 0.250 e. The molecule has 0 aliphatic heterocycles. The predicted octanol–water partition coefficient (Wildman–Crippen LogP) is 2.61. The standard InChI is InChI=1S/C15H17ClN4O/c1-9(10-4-3-5-11(16)6-10)20(2)14-7-12(15(18)21)13(17)8-19-14/h3-9H,17H2,1-2H3,(H2,18,21). The molecule has 2 aromatic rings. The summed E-state index contributed by atoms with van der Waals surface area (Å²) in [7, 11) is 1.88. The highest BCUT2D eigenvalue weighted by molar-refractivity contribution is 6.30. The lowest BCUT2D eigenvalue weighted by molar-refractivity contribution is 0.100. The highest BCUT2D eigenvalue weighted by Gasteiger charge is 2.16. The summed E-state index contributed by atoms with van der Waals surface area (Å²) in [6.45, 7) is 2.02. The number of anilines is 2. The summed E-state index contributed by atoms with van der Waals surface area (Å²) in [6, 6.07) is 9.23. The number of halogens is 1. The Balaban J connectivity index is 2.33. The number of pyridine rings is 1. The van der Waals surface area contributed by atoms with E-state index in [0.29, 0.717) is 10.8 Å². The van der Waals surface area contributed by atoms with Gasteiger partial charge in [0.25, 0.3) is 5.91 Å². The zero-order valence-electron chi connectivity index (χ0n) is 11.9. The second-order valence-corrected chi connectivity index (χ2v) is 5.27. The van der Waals surface area contributed by atoms with E-state index >= 15 is 0 Å². The van der Waals surface area contributed by atoms with Crippen LogP contribution in [0.25, 0.3) is 0 Å². The van der Waals surface area contributed by atoms with Gasteiger partial charge in [0.1, 0.15) is 5.82 Å². The number of nitrogens with two attached hydrogens (primary N) is 2. The Kier molecular flexibility index (Phi) is 4.33. The Morgan fingerprint density at radius 3 is 2.71 bits per heavy atom. The van der Waals surface area contributed by atoms with Crippen molar-refractivity contribution in [3.63, 3.8) is 0 Å². The van der Waals surface area contributed by atoms with Gasteiger partial charge in [-0.2, -0.15) is 0 Å². The van der Waals surface area contributed by atoms with Crippen molar-refractivity contribution < 1.29 is 4.79 Å². The Bertz CT molecular complexity index is 674. The quantitative estimate of drug-likeness (QED) is 0.909. The molecule has 110 valence electrons. The Morgan fingerprint density at radius 2 is 2.10 bits per heavy atom. The maximum Gasteiger partial charge on any atom is 0.250 e. The van der Waals surface area contributed by atoms with Crippen LogP contribution in [0.3, 0.4) is 0 Å². The van der Waals surface area contributed by atoms with E-state index in [1.54, 1.807) is 6.07 Å². The zero-order valence-corrected chi connectivity index (χ0v) is 12.6. The summed E-state index contributed by atoms with van der Waals surface area (Å²) < 4.78 is 0. The molecule has 1 atom stereocenters. The molecule has 1 aromatic heterocycles. The lowest BCUT2D eigenvalue weighted by Crippen LogP contribution is -2.24. The molecule has 0 saturated heterocycles. The second kappa shape index (κ2) is 6.01. The summed E-state index contributed by atoms with van der Waals surface area (Å²) in [6.07, 6.45) is 1.44. The zero-order chi connectivity index (χ0) is 15.6. The van der Waals surface area contributed by atoms with Crippen molar-refractivity contribution in [3.05, 3.63) is 52.7 Å². The van der Waals surface area contributed by atoms with E-state index in [1.165, 1.54) is 6.20 Å². The minimum absolute atomic E-state index is 0.0283. The van der Waals surface area contributed by atoms with Gasteiger partial charge in [-0.3, -0.25) is 4.79 Å². The minimum atomic E-state index is -0.569. The number of carbonyl (C=O) groups excluding carboxylic acids is 1. The van der Waals surface area contributed by atoms with Crippen LogP contribution >= 0.6 is 11.6 Å². The van der Waals surface area contributed by atoms with Crippen LogP contribution < -0.4 is 16.4 Å². The first kappa shape index (κ1) is 15.1. The second-order valence-electron chi connectivity index (χ2n) is 4.84. The number of benzene rings is 1. The monoisotopic (exact) mass is 304 g/mol. The molecule has 0 spiro atoms. The molecule has 0 fully saturated rings. The fourth-order valence-electron chi connectivity index (χ4n) is 2.05. The molecule has 1 amide bonds. The lowest BCUT2D eigenvalue weighted by atomic mass is 10.1. The van der Waals surface area contributed by atoms with Crippen LogP contribution in [0.2, 0.25) is 5.02 Å². The first-order valence-corrected chi connectivity index (χ1v) is 6.81. The third-order valence-corrected chi connectivity index (χ3v) is 3.69. The molecule has 0 radical (unpaired) electrons. The Labute approximate surface area is 128 Å². The molecule has 0 aliphatic carbocycles. The molecule has 1 unspecified atom stereocenters. The lowest BCUT2D eigenvalue weighted by Gasteiger charge is -2.27. The van der Waals surface area contributed by atoms with Crippen molar-refractivity contribution in [1.29, 1.82) is 0 Å². The molecular weight excluding hydrogens is 288 g/mol. The maximum atomic E-state index is 11.4. The fraction of sp³-hybridized carbons (Fsp3) is 0.200. The van der Waals surface area contributed by atoms with E-state index in [4.69, 9.17) is 23.1 Å². The molecule has 2 rings (SSSR count). The summed E-state index contributed by atoms with van der Waals surface area (Å²) in [5, 5.41) is 0.677. The highest BCUT2D eigenvalue weighted by Crippen LogP contribution is 2.27. The number of hydrogen-bond acceptors (Lipinski definition) is 4. The van der Waals surface area contributed by atoms with Gasteiger partial charge >= 0.3 is 0 Å². The first-order valence-electron chi connectivity index (χ1n) is 6.43. The van der Waals surface area contributed by atoms with Crippen LogP contribution in [0.1, 0.15) is 28.9 Å². The summed E-state index contributed by atoms with van der Waals surface area (Å²) in [5.74, 6) is 0.0467. The van der Waals surface area contributed by atoms with E-state index < -0.39 is 5.91 Å². The molecule has 1 heterocycles. The first-order chi connectivity index (χ1) is 9.90. The molecule has 1 aromatic carbocycles. The van der Waals surface area contributed by atoms with Crippen molar-refractivity contribution in [3.8, 4) is 0 Å². The molecule has 0 aliphatic rings. The van der Waals surface area contributed by atoms with Crippen molar-refractivity contribution in [1.82, 2.24) is 4.98 Å². The van der Waals surface area contributed by atoms with Crippen LogP contribution in [-0.4, -0.2) is 17.9 Å². The Morgan fingerprint density at radius 1 is 1.38 bits per heavy atom. The molecule has 4 N–H and O–H groups in total. The van der Waals surface area contributed by atoms with Gasteiger partial charge < -0.3 is 16.4 Å². The average Bonchev–Trinajstić information content (AvgIpc) is 2.46. The largest absolute Gasteiger partial charge is 0.397 e. The van der Waals surface area contributed by atoms with Crippen LogP contribution in [0.15, 0.2) is 36.5 Å². The number of aromatic nitrogens is 1. The molecule has 0 saturated carbocycles. The van der Waals surface area contributed by atoms with Gasteiger partial charge in [-0.15, -0.1) is 0 Å². The molecule has 5 nitrogen and oxygen atoms in total. The van der Waals surface area contributed by atoms with Gasteiger partial charge in [-0.05, 0) is 30.7 Å². The number of nitrogens with zero attached hydrogens (tertiary/aromatic N) is 2. The van der Waals surface area contributed by atoms with Crippen LogP contribution in [0.4, 0.5) is 11.5 Å².